The number of nitrogens with zero attached hydrogens (tertiary/aromatic N) is 4. The third-order valence-corrected chi connectivity index (χ3v) is 3.62. The summed E-state index contributed by atoms with van der Waals surface area (Å²) in [5.74, 6) is 0.826. The Morgan fingerprint density at radius 2 is 2.43 bits per heavy atom. The van der Waals surface area contributed by atoms with Crippen LogP contribution in [0.3, 0.4) is 0 Å². The van der Waals surface area contributed by atoms with Crippen LogP contribution in [0, 0.1) is 0 Å². The van der Waals surface area contributed by atoms with Crippen molar-refractivity contribution in [3.63, 3.8) is 0 Å². The molecule has 1 saturated heterocycles. The minimum absolute atomic E-state index is 0.301. The molecular formula is C14H21N5O2. The third kappa shape index (κ3) is 3.48. The van der Waals surface area contributed by atoms with E-state index in [4.69, 9.17) is 9.47 Å². The van der Waals surface area contributed by atoms with Gasteiger partial charge in [0.25, 0.3) is 0 Å². The van der Waals surface area contributed by atoms with E-state index < -0.39 is 0 Å². The van der Waals surface area contributed by atoms with Crippen molar-refractivity contribution in [3.05, 3.63) is 12.5 Å². The van der Waals surface area contributed by atoms with E-state index in [9.17, 15) is 0 Å². The molecule has 0 aliphatic carbocycles. The van der Waals surface area contributed by atoms with Gasteiger partial charge in [-0.3, -0.25) is 4.68 Å². The SMILES string of the molecule is Cn1ncc2c(NCCCOC[C@H]3CCCO3)ncnc21. The van der Waals surface area contributed by atoms with Gasteiger partial charge in [-0.05, 0) is 19.3 Å². The predicted octanol–water partition coefficient (Wildman–Crippen LogP) is 1.36. The molecular weight excluding hydrogens is 270 g/mol. The van der Waals surface area contributed by atoms with Crippen LogP contribution in [0.25, 0.3) is 11.0 Å². The minimum Gasteiger partial charge on any atom is -0.379 e. The Kier molecular flexibility index (Phi) is 4.62. The van der Waals surface area contributed by atoms with E-state index in [0.29, 0.717) is 12.7 Å². The maximum absolute atomic E-state index is 5.63. The van der Waals surface area contributed by atoms with Crippen LogP contribution in [0.15, 0.2) is 12.5 Å². The predicted molar refractivity (Wildman–Crippen MR) is 79.2 cm³/mol. The van der Waals surface area contributed by atoms with Crippen LogP contribution in [0.4, 0.5) is 5.82 Å². The molecule has 2 aromatic heterocycles. The lowest BCUT2D eigenvalue weighted by Crippen LogP contribution is -2.15. The normalized spacial score (nSPS) is 18.4. The molecule has 2 aromatic rings. The molecule has 1 aliphatic rings. The lowest BCUT2D eigenvalue weighted by Gasteiger charge is -2.10. The first-order valence-corrected chi connectivity index (χ1v) is 7.40. The molecule has 0 unspecified atom stereocenters. The highest BCUT2D eigenvalue weighted by Gasteiger charge is 2.14. The maximum atomic E-state index is 5.63. The smallest absolute Gasteiger partial charge is 0.163 e. The maximum Gasteiger partial charge on any atom is 0.163 e. The first-order chi connectivity index (χ1) is 10.3. The number of fused-ring (bicyclic) bond motifs is 1. The molecule has 3 heterocycles. The first-order valence-electron chi connectivity index (χ1n) is 7.40. The Balaban J connectivity index is 1.40. The summed E-state index contributed by atoms with van der Waals surface area (Å²) in [6, 6.07) is 0. The van der Waals surface area contributed by atoms with Gasteiger partial charge in [-0.25, -0.2) is 9.97 Å². The van der Waals surface area contributed by atoms with Gasteiger partial charge in [0.05, 0.1) is 24.3 Å². The quantitative estimate of drug-likeness (QED) is 0.776. The van der Waals surface area contributed by atoms with Gasteiger partial charge < -0.3 is 14.8 Å². The number of nitrogens with one attached hydrogen (secondary N) is 1. The fraction of sp³-hybridized carbons (Fsp3) is 0.643. The van der Waals surface area contributed by atoms with Gasteiger partial charge in [-0.15, -0.1) is 0 Å². The van der Waals surface area contributed by atoms with E-state index in [1.807, 2.05) is 7.05 Å². The molecule has 0 saturated carbocycles. The fourth-order valence-electron chi connectivity index (χ4n) is 2.47. The molecule has 1 N–H and O–H groups in total. The molecule has 1 atom stereocenters. The average Bonchev–Trinajstić information content (AvgIpc) is 3.14. The average molecular weight is 291 g/mol. The van der Waals surface area contributed by atoms with Gasteiger partial charge in [0.1, 0.15) is 12.1 Å². The number of aromatic nitrogens is 4. The summed E-state index contributed by atoms with van der Waals surface area (Å²) < 4.78 is 12.9. The Hall–Kier alpha value is -1.73. The second-order valence-corrected chi connectivity index (χ2v) is 5.22. The van der Waals surface area contributed by atoms with Gasteiger partial charge in [0.15, 0.2) is 5.65 Å². The zero-order valence-corrected chi connectivity index (χ0v) is 12.3. The van der Waals surface area contributed by atoms with E-state index in [-0.39, 0.29) is 0 Å². The van der Waals surface area contributed by atoms with Crippen LogP contribution in [0.2, 0.25) is 0 Å². The van der Waals surface area contributed by atoms with Crippen LogP contribution in [-0.2, 0) is 16.5 Å². The summed E-state index contributed by atoms with van der Waals surface area (Å²) in [4.78, 5) is 8.48. The van der Waals surface area contributed by atoms with E-state index in [1.54, 1.807) is 17.2 Å². The highest BCUT2D eigenvalue weighted by atomic mass is 16.5. The standard InChI is InChI=1S/C14H21N5O2/c1-19-14-12(8-18-19)13(16-10-17-14)15-5-3-6-20-9-11-4-2-7-21-11/h8,10-11H,2-7,9H2,1H3,(H,15,16,17)/t11-/m1/s1. The lowest BCUT2D eigenvalue weighted by atomic mass is 10.2. The van der Waals surface area contributed by atoms with Crippen molar-refractivity contribution >= 4 is 16.9 Å². The van der Waals surface area contributed by atoms with Crippen LogP contribution in [0.1, 0.15) is 19.3 Å². The molecule has 7 nitrogen and oxygen atoms in total. The molecule has 0 spiro atoms. The van der Waals surface area contributed by atoms with Crippen molar-refractivity contribution in [3.8, 4) is 0 Å². The van der Waals surface area contributed by atoms with Crippen molar-refractivity contribution in [2.45, 2.75) is 25.4 Å². The number of anilines is 1. The van der Waals surface area contributed by atoms with E-state index in [2.05, 4.69) is 20.4 Å². The first kappa shape index (κ1) is 14.2. The summed E-state index contributed by atoms with van der Waals surface area (Å²) in [6.45, 7) is 3.13. The summed E-state index contributed by atoms with van der Waals surface area (Å²) in [5.41, 5.74) is 0.835. The Labute approximate surface area is 123 Å². The molecule has 0 aromatic carbocycles. The monoisotopic (exact) mass is 291 g/mol. The molecule has 7 heteroatoms. The molecule has 114 valence electrons. The van der Waals surface area contributed by atoms with Crippen LogP contribution >= 0.6 is 0 Å². The summed E-state index contributed by atoms with van der Waals surface area (Å²) in [7, 11) is 1.87. The molecule has 1 fully saturated rings. The molecule has 21 heavy (non-hydrogen) atoms. The van der Waals surface area contributed by atoms with Crippen molar-refractivity contribution in [1.82, 2.24) is 19.7 Å². The summed E-state index contributed by atoms with van der Waals surface area (Å²) in [6.07, 6.45) is 6.85. The van der Waals surface area contributed by atoms with Crippen molar-refractivity contribution in [1.29, 1.82) is 0 Å². The van der Waals surface area contributed by atoms with Crippen molar-refractivity contribution in [2.24, 2.45) is 7.05 Å². The molecule has 1 aliphatic heterocycles. The van der Waals surface area contributed by atoms with Crippen molar-refractivity contribution in [2.75, 3.05) is 31.7 Å². The van der Waals surface area contributed by atoms with Crippen LogP contribution in [0.5, 0.6) is 0 Å². The molecule has 0 radical (unpaired) electrons. The van der Waals surface area contributed by atoms with Crippen LogP contribution < -0.4 is 5.32 Å². The minimum atomic E-state index is 0.301. The topological polar surface area (TPSA) is 74.1 Å². The summed E-state index contributed by atoms with van der Waals surface area (Å²) in [5, 5.41) is 8.45. The molecule has 0 amide bonds. The number of hydrogen-bond acceptors (Lipinski definition) is 6. The van der Waals surface area contributed by atoms with Gasteiger partial charge >= 0.3 is 0 Å². The third-order valence-electron chi connectivity index (χ3n) is 3.62. The van der Waals surface area contributed by atoms with Gasteiger partial charge in [0, 0.05) is 26.8 Å². The summed E-state index contributed by atoms with van der Waals surface area (Å²) >= 11 is 0. The number of rotatable bonds is 7. The lowest BCUT2D eigenvalue weighted by molar-refractivity contribution is 0.0172. The molecule has 3 rings (SSSR count). The highest BCUT2D eigenvalue weighted by Crippen LogP contribution is 2.17. The van der Waals surface area contributed by atoms with Gasteiger partial charge in [0.2, 0.25) is 0 Å². The van der Waals surface area contributed by atoms with E-state index >= 15 is 0 Å². The van der Waals surface area contributed by atoms with Gasteiger partial charge in [-0.1, -0.05) is 0 Å². The Bertz CT molecular complexity index is 580. The van der Waals surface area contributed by atoms with E-state index in [0.717, 1.165) is 55.9 Å². The van der Waals surface area contributed by atoms with Gasteiger partial charge in [-0.2, -0.15) is 5.10 Å². The zero-order chi connectivity index (χ0) is 14.5. The second kappa shape index (κ2) is 6.82. The Morgan fingerprint density at radius 1 is 1.48 bits per heavy atom. The zero-order valence-electron chi connectivity index (χ0n) is 12.3. The second-order valence-electron chi connectivity index (χ2n) is 5.22. The highest BCUT2D eigenvalue weighted by molar-refractivity contribution is 5.85. The van der Waals surface area contributed by atoms with Crippen molar-refractivity contribution < 1.29 is 9.47 Å². The largest absolute Gasteiger partial charge is 0.379 e. The molecule has 0 bridgehead atoms. The van der Waals surface area contributed by atoms with E-state index in [1.165, 1.54) is 0 Å². The van der Waals surface area contributed by atoms with Crippen LogP contribution in [-0.4, -0.2) is 52.2 Å². The fourth-order valence-corrected chi connectivity index (χ4v) is 2.47. The number of hydrogen-bond donors (Lipinski definition) is 1. The number of ether oxygens (including phenoxy) is 2. The Morgan fingerprint density at radius 3 is 3.29 bits per heavy atom. The number of aryl methyl sites for hydroxylation is 1.